The Bertz CT molecular complexity index is 1510. The summed E-state index contributed by atoms with van der Waals surface area (Å²) < 4.78 is 18.2. The van der Waals surface area contributed by atoms with E-state index in [-0.39, 0.29) is 12.6 Å². The van der Waals surface area contributed by atoms with Gasteiger partial charge in [0.15, 0.2) is 0 Å². The standard InChI is InChI=1S/C39H52ClN3O6/c1-28-23-30(27-48-39(16-17-39)35-25-41-19-15-33(35)34-11-3-4-12-37(34)49-32-13-14-32)36(40)24-29(28)9-6-8-20-43(21-22-47-2)38(46)42-18-7-5-10-31(45)26-44/h3-4,11-12,15,19,23-25,31-32,44-45H,5-10,13-14,16-18,20-22,26-27H2,1-2H3,(H,42,46). The van der Waals surface area contributed by atoms with Gasteiger partial charge in [-0.15, -0.1) is 0 Å². The van der Waals surface area contributed by atoms with E-state index >= 15 is 0 Å². The fraction of sp³-hybridized carbons (Fsp3) is 0.538. The van der Waals surface area contributed by atoms with E-state index in [9.17, 15) is 9.90 Å². The van der Waals surface area contributed by atoms with Crippen molar-refractivity contribution in [3.63, 3.8) is 0 Å². The minimum Gasteiger partial charge on any atom is -0.490 e. The number of methoxy groups -OCH3 is 1. The van der Waals surface area contributed by atoms with Crippen LogP contribution in [0.1, 0.15) is 80.0 Å². The van der Waals surface area contributed by atoms with Crippen molar-refractivity contribution in [2.45, 2.75) is 95.5 Å². The fourth-order valence-corrected chi connectivity index (χ4v) is 6.41. The average molecular weight is 694 g/mol. The molecule has 2 saturated carbocycles. The number of ether oxygens (including phenoxy) is 3. The number of aliphatic hydroxyl groups excluding tert-OH is 2. The van der Waals surface area contributed by atoms with Crippen molar-refractivity contribution in [3.05, 3.63) is 82.1 Å². The Morgan fingerprint density at radius 2 is 1.90 bits per heavy atom. The molecule has 2 aliphatic rings. The molecule has 1 atom stereocenters. The maximum absolute atomic E-state index is 12.8. The van der Waals surface area contributed by atoms with Gasteiger partial charge in [-0.25, -0.2) is 4.79 Å². The van der Waals surface area contributed by atoms with Crippen LogP contribution in [0.25, 0.3) is 11.1 Å². The normalized spacial score (nSPS) is 15.5. The molecule has 9 nitrogen and oxygen atoms in total. The van der Waals surface area contributed by atoms with Gasteiger partial charge < -0.3 is 34.6 Å². The summed E-state index contributed by atoms with van der Waals surface area (Å²) in [7, 11) is 1.63. The lowest BCUT2D eigenvalue weighted by molar-refractivity contribution is 0.0173. The highest BCUT2D eigenvalue weighted by molar-refractivity contribution is 6.31. The fourth-order valence-electron chi connectivity index (χ4n) is 6.17. The smallest absolute Gasteiger partial charge is 0.317 e. The number of carbonyl (C=O) groups excluding carboxylic acids is 1. The number of rotatable bonds is 21. The van der Waals surface area contributed by atoms with Crippen LogP contribution in [0.5, 0.6) is 5.75 Å². The van der Waals surface area contributed by atoms with Crippen LogP contribution in [0, 0.1) is 6.92 Å². The molecule has 1 unspecified atom stereocenters. The van der Waals surface area contributed by atoms with Crippen LogP contribution in [-0.4, -0.2) is 78.3 Å². The molecule has 2 amide bonds. The number of aryl methyl sites for hydroxylation is 2. The number of aliphatic hydroxyl groups is 2. The summed E-state index contributed by atoms with van der Waals surface area (Å²) in [5.74, 6) is 0.914. The zero-order chi connectivity index (χ0) is 34.6. The second kappa shape index (κ2) is 18.2. The SMILES string of the molecule is COCCN(CCCCc1cc(Cl)c(COC2(c3cnccc3-c3ccccc3OC3CC3)CC2)cc1C)C(=O)NCCCCC(O)CO. The number of hydrogen-bond acceptors (Lipinski definition) is 7. The molecule has 49 heavy (non-hydrogen) atoms. The summed E-state index contributed by atoms with van der Waals surface area (Å²) in [6.45, 7) is 4.46. The summed E-state index contributed by atoms with van der Waals surface area (Å²) in [5, 5.41) is 22.1. The number of amides is 2. The summed E-state index contributed by atoms with van der Waals surface area (Å²) in [4.78, 5) is 19.1. The molecule has 0 spiro atoms. The molecule has 0 radical (unpaired) electrons. The number of benzene rings is 2. The third kappa shape index (κ3) is 10.6. The quantitative estimate of drug-likeness (QED) is 0.103. The van der Waals surface area contributed by atoms with E-state index in [1.807, 2.05) is 18.5 Å². The molecule has 2 fully saturated rings. The van der Waals surface area contributed by atoms with Gasteiger partial charge in [-0.1, -0.05) is 35.9 Å². The number of nitrogens with one attached hydrogen (secondary N) is 1. The second-order valence-corrected chi connectivity index (χ2v) is 13.8. The van der Waals surface area contributed by atoms with Gasteiger partial charge in [0, 0.05) is 55.3 Å². The van der Waals surface area contributed by atoms with E-state index in [2.05, 4.69) is 53.6 Å². The molecular formula is C39H52ClN3O6. The van der Waals surface area contributed by atoms with Crippen LogP contribution in [0.3, 0.4) is 0 Å². The van der Waals surface area contributed by atoms with Gasteiger partial charge in [-0.2, -0.15) is 0 Å². The van der Waals surface area contributed by atoms with Crippen LogP contribution in [0.15, 0.2) is 54.9 Å². The minimum absolute atomic E-state index is 0.106. The number of carbonyl (C=O) groups is 1. The molecule has 3 aromatic rings. The molecule has 5 rings (SSSR count). The Balaban J connectivity index is 1.13. The van der Waals surface area contributed by atoms with Gasteiger partial charge in [0.1, 0.15) is 5.75 Å². The highest BCUT2D eigenvalue weighted by atomic mass is 35.5. The highest BCUT2D eigenvalue weighted by Gasteiger charge is 2.47. The van der Waals surface area contributed by atoms with Crippen molar-refractivity contribution in [2.24, 2.45) is 0 Å². The van der Waals surface area contributed by atoms with Crippen molar-refractivity contribution in [3.8, 4) is 16.9 Å². The van der Waals surface area contributed by atoms with E-state index in [0.29, 0.717) is 50.4 Å². The Hall–Kier alpha value is -3.21. The van der Waals surface area contributed by atoms with E-state index in [1.54, 1.807) is 12.0 Å². The first kappa shape index (κ1) is 37.1. The first-order valence-electron chi connectivity index (χ1n) is 17.8. The van der Waals surface area contributed by atoms with Crippen LogP contribution in [0.2, 0.25) is 5.02 Å². The first-order valence-corrected chi connectivity index (χ1v) is 18.1. The van der Waals surface area contributed by atoms with Crippen LogP contribution < -0.4 is 10.1 Å². The Labute approximate surface area is 295 Å². The summed E-state index contributed by atoms with van der Waals surface area (Å²) in [6.07, 6.45) is 12.1. The number of para-hydroxylation sites is 1. The lowest BCUT2D eigenvalue weighted by Crippen LogP contribution is -2.42. The maximum Gasteiger partial charge on any atom is 0.317 e. The van der Waals surface area contributed by atoms with Crippen LogP contribution in [0.4, 0.5) is 4.79 Å². The van der Waals surface area contributed by atoms with E-state index in [1.165, 1.54) is 11.1 Å². The van der Waals surface area contributed by atoms with Crippen LogP contribution in [-0.2, 0) is 28.1 Å². The number of urea groups is 1. The predicted octanol–water partition coefficient (Wildman–Crippen LogP) is 6.96. The number of halogens is 1. The van der Waals surface area contributed by atoms with Gasteiger partial charge >= 0.3 is 6.03 Å². The third-order valence-corrected chi connectivity index (χ3v) is 9.80. The zero-order valence-corrected chi connectivity index (χ0v) is 29.7. The molecule has 266 valence electrons. The van der Waals surface area contributed by atoms with Gasteiger partial charge in [0.25, 0.3) is 0 Å². The van der Waals surface area contributed by atoms with Crippen LogP contribution >= 0.6 is 11.6 Å². The van der Waals surface area contributed by atoms with Crippen molar-refractivity contribution in [2.75, 3.05) is 40.0 Å². The van der Waals surface area contributed by atoms with Gasteiger partial charge in [-0.3, -0.25) is 4.98 Å². The molecule has 1 aromatic heterocycles. The van der Waals surface area contributed by atoms with Crippen molar-refractivity contribution in [1.29, 1.82) is 0 Å². The summed E-state index contributed by atoms with van der Waals surface area (Å²) >= 11 is 6.85. The second-order valence-electron chi connectivity index (χ2n) is 13.4. The topological polar surface area (TPSA) is 113 Å². The molecular weight excluding hydrogens is 642 g/mol. The van der Waals surface area contributed by atoms with Crippen molar-refractivity contribution in [1.82, 2.24) is 15.2 Å². The largest absolute Gasteiger partial charge is 0.490 e. The number of pyridine rings is 1. The molecule has 2 aliphatic carbocycles. The van der Waals surface area contributed by atoms with E-state index in [0.717, 1.165) is 85.8 Å². The maximum atomic E-state index is 12.8. The molecule has 1 heterocycles. The summed E-state index contributed by atoms with van der Waals surface area (Å²) in [5.41, 5.74) is 6.25. The molecule has 0 saturated heterocycles. The minimum atomic E-state index is -0.695. The Morgan fingerprint density at radius 1 is 1.08 bits per heavy atom. The highest BCUT2D eigenvalue weighted by Crippen LogP contribution is 2.53. The summed E-state index contributed by atoms with van der Waals surface area (Å²) in [6, 6.07) is 14.4. The monoisotopic (exact) mass is 693 g/mol. The van der Waals surface area contributed by atoms with Gasteiger partial charge in [-0.05, 0) is 112 Å². The molecule has 0 bridgehead atoms. The lowest BCUT2D eigenvalue weighted by atomic mass is 9.96. The molecule has 10 heteroatoms. The molecule has 0 aliphatic heterocycles. The van der Waals surface area contributed by atoms with E-state index < -0.39 is 11.7 Å². The number of aromatic nitrogens is 1. The zero-order valence-electron chi connectivity index (χ0n) is 29.0. The third-order valence-electron chi connectivity index (χ3n) is 9.45. The number of unbranched alkanes of at least 4 members (excludes halogenated alkanes) is 2. The Kier molecular flexibility index (Phi) is 13.7. The average Bonchev–Trinajstić information content (AvgIpc) is 4.06. The lowest BCUT2D eigenvalue weighted by Gasteiger charge is -2.23. The number of nitrogens with zero attached hydrogens (tertiary/aromatic N) is 2. The molecule has 2 aromatic carbocycles. The molecule has 3 N–H and O–H groups in total. The predicted molar refractivity (Wildman–Crippen MR) is 192 cm³/mol. The Morgan fingerprint density at radius 3 is 2.65 bits per heavy atom. The number of hydrogen-bond donors (Lipinski definition) is 3. The van der Waals surface area contributed by atoms with Crippen molar-refractivity contribution < 1.29 is 29.2 Å². The first-order chi connectivity index (χ1) is 23.8. The van der Waals surface area contributed by atoms with Gasteiger partial charge in [0.2, 0.25) is 0 Å². The van der Waals surface area contributed by atoms with Gasteiger partial charge in [0.05, 0.1) is 37.6 Å². The van der Waals surface area contributed by atoms with Crippen molar-refractivity contribution >= 4 is 17.6 Å². The van der Waals surface area contributed by atoms with E-state index in [4.69, 9.17) is 30.9 Å².